The lowest BCUT2D eigenvalue weighted by atomic mass is 10.3. The second-order valence-corrected chi connectivity index (χ2v) is 5.42. The highest BCUT2D eigenvalue weighted by molar-refractivity contribution is 7.98. The molecule has 0 unspecified atom stereocenters. The molecule has 1 heterocycles. The van der Waals surface area contributed by atoms with Gasteiger partial charge in [-0.25, -0.2) is 10.8 Å². The Hall–Kier alpha value is -0.940. The predicted octanol–water partition coefficient (Wildman–Crippen LogP) is 3.97. The van der Waals surface area contributed by atoms with Crippen LogP contribution in [0.15, 0.2) is 41.4 Å². The lowest BCUT2D eigenvalue weighted by Gasteiger charge is -2.05. The van der Waals surface area contributed by atoms with E-state index in [1.807, 2.05) is 24.3 Å². The van der Waals surface area contributed by atoms with Crippen LogP contribution in [0.1, 0.15) is 5.56 Å². The van der Waals surface area contributed by atoms with Crippen LogP contribution in [0, 0.1) is 0 Å². The lowest BCUT2D eigenvalue weighted by Crippen LogP contribution is -2.08. The molecule has 94 valence electrons. The zero-order valence-electron chi connectivity index (χ0n) is 9.36. The third-order valence-corrected chi connectivity index (χ3v) is 4.07. The summed E-state index contributed by atoms with van der Waals surface area (Å²) >= 11 is 13.5. The van der Waals surface area contributed by atoms with Crippen LogP contribution in [0.25, 0.3) is 0 Å². The van der Waals surface area contributed by atoms with Gasteiger partial charge in [-0.15, -0.1) is 11.8 Å². The molecule has 0 atom stereocenters. The van der Waals surface area contributed by atoms with Crippen molar-refractivity contribution in [1.82, 2.24) is 4.98 Å². The van der Waals surface area contributed by atoms with Gasteiger partial charge in [-0.2, -0.15) is 0 Å². The quantitative estimate of drug-likeness (QED) is 0.510. The molecule has 0 aliphatic carbocycles. The predicted molar refractivity (Wildman–Crippen MR) is 78.1 cm³/mol. The van der Waals surface area contributed by atoms with Gasteiger partial charge in [0.25, 0.3) is 0 Å². The zero-order chi connectivity index (χ0) is 13.0. The largest absolute Gasteiger partial charge is 0.308 e. The van der Waals surface area contributed by atoms with Crippen molar-refractivity contribution in [3.8, 4) is 0 Å². The number of aromatic nitrogens is 1. The molecule has 18 heavy (non-hydrogen) atoms. The van der Waals surface area contributed by atoms with Gasteiger partial charge in [-0.1, -0.05) is 23.2 Å². The van der Waals surface area contributed by atoms with Crippen molar-refractivity contribution in [2.75, 3.05) is 5.43 Å². The SMILES string of the molecule is NNc1cc(CSc2ccc(Cl)c(Cl)c2)ccn1. The molecule has 0 amide bonds. The number of hydrazine groups is 1. The van der Waals surface area contributed by atoms with Crippen LogP contribution in [0.2, 0.25) is 10.0 Å². The van der Waals surface area contributed by atoms with Gasteiger partial charge >= 0.3 is 0 Å². The average molecular weight is 300 g/mol. The molecule has 3 nitrogen and oxygen atoms in total. The van der Waals surface area contributed by atoms with E-state index in [4.69, 9.17) is 29.0 Å². The fourth-order valence-electron chi connectivity index (χ4n) is 1.38. The summed E-state index contributed by atoms with van der Waals surface area (Å²) in [5, 5.41) is 1.14. The van der Waals surface area contributed by atoms with Gasteiger partial charge in [0.05, 0.1) is 10.0 Å². The summed E-state index contributed by atoms with van der Waals surface area (Å²) in [5.74, 6) is 6.78. The number of rotatable bonds is 4. The first-order valence-corrected chi connectivity index (χ1v) is 6.92. The molecule has 0 fully saturated rings. The molecule has 6 heteroatoms. The van der Waals surface area contributed by atoms with Crippen molar-refractivity contribution in [1.29, 1.82) is 0 Å². The summed E-state index contributed by atoms with van der Waals surface area (Å²) in [4.78, 5) is 5.13. The molecular formula is C12H11Cl2N3S. The smallest absolute Gasteiger partial charge is 0.140 e. The van der Waals surface area contributed by atoms with Crippen LogP contribution in [0.3, 0.4) is 0 Å². The number of nitrogens with two attached hydrogens (primary N) is 1. The topological polar surface area (TPSA) is 50.9 Å². The Labute approximate surface area is 120 Å². The van der Waals surface area contributed by atoms with E-state index in [0.717, 1.165) is 16.2 Å². The van der Waals surface area contributed by atoms with Gasteiger partial charge in [0.1, 0.15) is 5.82 Å². The highest BCUT2D eigenvalue weighted by Crippen LogP contribution is 2.29. The van der Waals surface area contributed by atoms with Crippen LogP contribution in [0.4, 0.5) is 5.82 Å². The fraction of sp³-hybridized carbons (Fsp3) is 0.0833. The molecule has 3 N–H and O–H groups in total. The highest BCUT2D eigenvalue weighted by atomic mass is 35.5. The van der Waals surface area contributed by atoms with E-state index in [2.05, 4.69) is 10.4 Å². The van der Waals surface area contributed by atoms with E-state index in [9.17, 15) is 0 Å². The summed E-state index contributed by atoms with van der Waals surface area (Å²) in [5.41, 5.74) is 3.66. The number of hydrogen-bond acceptors (Lipinski definition) is 4. The zero-order valence-corrected chi connectivity index (χ0v) is 11.7. The Bertz CT molecular complexity index is 549. The highest BCUT2D eigenvalue weighted by Gasteiger charge is 2.02. The van der Waals surface area contributed by atoms with E-state index < -0.39 is 0 Å². The number of thioether (sulfide) groups is 1. The van der Waals surface area contributed by atoms with Crippen molar-refractivity contribution in [2.24, 2.45) is 5.84 Å². The molecule has 0 bridgehead atoms. The molecular weight excluding hydrogens is 289 g/mol. The van der Waals surface area contributed by atoms with Gasteiger partial charge in [-0.3, -0.25) is 0 Å². The minimum atomic E-state index is 0.569. The maximum absolute atomic E-state index is 5.96. The summed E-state index contributed by atoms with van der Waals surface area (Å²) in [7, 11) is 0. The number of nitrogen functional groups attached to an aromatic ring is 1. The number of pyridine rings is 1. The van der Waals surface area contributed by atoms with Gasteiger partial charge in [0.15, 0.2) is 0 Å². The van der Waals surface area contributed by atoms with E-state index in [1.165, 1.54) is 0 Å². The minimum Gasteiger partial charge on any atom is -0.308 e. The Balaban J connectivity index is 2.04. The van der Waals surface area contributed by atoms with Gasteiger partial charge in [0.2, 0.25) is 0 Å². The lowest BCUT2D eigenvalue weighted by molar-refractivity contribution is 1.20. The standard InChI is InChI=1S/C12H11Cl2N3S/c13-10-2-1-9(6-11(10)14)18-7-8-3-4-16-12(5-8)17-15/h1-6H,7,15H2,(H,16,17). The van der Waals surface area contributed by atoms with Gasteiger partial charge in [0, 0.05) is 16.8 Å². The van der Waals surface area contributed by atoms with E-state index in [0.29, 0.717) is 15.9 Å². The van der Waals surface area contributed by atoms with Crippen LogP contribution in [-0.2, 0) is 5.75 Å². The van der Waals surface area contributed by atoms with E-state index in [1.54, 1.807) is 24.0 Å². The Kier molecular flexibility index (Phi) is 4.72. The maximum atomic E-state index is 5.96. The summed E-state index contributed by atoms with van der Waals surface area (Å²) in [6.07, 6.45) is 1.72. The molecule has 0 aliphatic heterocycles. The normalized spacial score (nSPS) is 10.4. The second-order valence-electron chi connectivity index (χ2n) is 3.56. The number of hydrogen-bond donors (Lipinski definition) is 2. The third kappa shape index (κ3) is 3.53. The first-order chi connectivity index (χ1) is 8.69. The number of nitrogens with zero attached hydrogens (tertiary/aromatic N) is 1. The van der Waals surface area contributed by atoms with Gasteiger partial charge < -0.3 is 5.43 Å². The van der Waals surface area contributed by atoms with Crippen LogP contribution >= 0.6 is 35.0 Å². The monoisotopic (exact) mass is 299 g/mol. The van der Waals surface area contributed by atoms with Crippen molar-refractivity contribution in [2.45, 2.75) is 10.6 Å². The molecule has 0 spiro atoms. The summed E-state index contributed by atoms with van der Waals surface area (Å²) in [6, 6.07) is 9.46. The number of benzene rings is 1. The summed E-state index contributed by atoms with van der Waals surface area (Å²) < 4.78 is 0. The van der Waals surface area contributed by atoms with Crippen molar-refractivity contribution < 1.29 is 0 Å². The Morgan fingerprint density at radius 2 is 2.00 bits per heavy atom. The third-order valence-electron chi connectivity index (χ3n) is 2.27. The van der Waals surface area contributed by atoms with Gasteiger partial charge in [-0.05, 0) is 35.9 Å². The summed E-state index contributed by atoms with van der Waals surface area (Å²) in [6.45, 7) is 0. The van der Waals surface area contributed by atoms with E-state index in [-0.39, 0.29) is 0 Å². The molecule has 2 aromatic rings. The molecule has 1 aromatic heterocycles. The van der Waals surface area contributed by atoms with E-state index >= 15 is 0 Å². The molecule has 0 saturated carbocycles. The van der Waals surface area contributed by atoms with Crippen LogP contribution in [0.5, 0.6) is 0 Å². The Morgan fingerprint density at radius 1 is 1.17 bits per heavy atom. The Morgan fingerprint density at radius 3 is 2.72 bits per heavy atom. The number of anilines is 1. The van der Waals surface area contributed by atoms with Crippen molar-refractivity contribution in [3.05, 3.63) is 52.1 Å². The van der Waals surface area contributed by atoms with Crippen molar-refractivity contribution in [3.63, 3.8) is 0 Å². The number of halogens is 2. The first-order valence-electron chi connectivity index (χ1n) is 5.18. The van der Waals surface area contributed by atoms with Crippen molar-refractivity contribution >= 4 is 40.8 Å². The van der Waals surface area contributed by atoms with Crippen LogP contribution in [-0.4, -0.2) is 4.98 Å². The van der Waals surface area contributed by atoms with Crippen LogP contribution < -0.4 is 11.3 Å². The first kappa shape index (κ1) is 13.5. The minimum absolute atomic E-state index is 0.569. The molecule has 0 aliphatic rings. The molecule has 2 rings (SSSR count). The number of nitrogens with one attached hydrogen (secondary N) is 1. The fourth-order valence-corrected chi connectivity index (χ4v) is 2.62. The molecule has 0 saturated heterocycles. The average Bonchev–Trinajstić information content (AvgIpc) is 2.40. The molecule has 0 radical (unpaired) electrons. The molecule has 1 aromatic carbocycles. The second kappa shape index (κ2) is 6.29. The maximum Gasteiger partial charge on any atom is 0.140 e.